The van der Waals surface area contributed by atoms with E-state index in [-0.39, 0.29) is 39.5 Å². The van der Waals surface area contributed by atoms with E-state index >= 15 is 0 Å². The third-order valence-corrected chi connectivity index (χ3v) is 6.65. The van der Waals surface area contributed by atoms with Crippen LogP contribution in [0.4, 0.5) is 32.2 Å². The minimum atomic E-state index is -1.29. The Kier molecular flexibility index (Phi) is 8.97. The third-order valence-electron chi connectivity index (χ3n) is 6.65. The predicted octanol–water partition coefficient (Wildman–Crippen LogP) is 0.325. The third kappa shape index (κ3) is 4.80. The van der Waals surface area contributed by atoms with Gasteiger partial charge in [0.15, 0.2) is 0 Å². The fourth-order valence-electron chi connectivity index (χ4n) is 4.76. The lowest BCUT2D eigenvalue weighted by Crippen LogP contribution is -2.39. The molecule has 18 heteroatoms. The summed E-state index contributed by atoms with van der Waals surface area (Å²) in [5.41, 5.74) is 0. The van der Waals surface area contributed by atoms with Gasteiger partial charge in [0.1, 0.15) is 0 Å². The fraction of sp³-hybridized carbons (Fsp3) is 0.625. The average molecular weight is 592 g/mol. The van der Waals surface area contributed by atoms with Crippen LogP contribution in [0.3, 0.4) is 0 Å². The number of anilines is 3. The zero-order chi connectivity index (χ0) is 30.9. The molecule has 1 aromatic heterocycles. The van der Waals surface area contributed by atoms with E-state index in [0.717, 1.165) is 14.7 Å². The molecule has 0 aromatic carbocycles. The van der Waals surface area contributed by atoms with Gasteiger partial charge >= 0.3 is 18.1 Å². The monoisotopic (exact) mass is 591 g/mol. The molecule has 4 heterocycles. The van der Waals surface area contributed by atoms with Crippen LogP contribution in [0.15, 0.2) is 0 Å². The number of carbonyl (C=O) groups excluding carboxylic acids is 6. The van der Waals surface area contributed by atoms with Crippen LogP contribution < -0.4 is 14.7 Å². The van der Waals surface area contributed by atoms with E-state index in [1.165, 1.54) is 0 Å². The Balaban J connectivity index is 1.89. The number of nitrogens with zero attached hydrogens (tertiary/aromatic N) is 9. The SMILES string of the molecule is CCOC1C(=O)N(c2nc(N3C(=O)C(OCC)N(CC)C3=O)nc(N3C(=O)C(OCC)N(CC)C3=O)n2)C(=O)N1CC. The van der Waals surface area contributed by atoms with Gasteiger partial charge in [-0.05, 0) is 41.5 Å². The number of urea groups is 3. The van der Waals surface area contributed by atoms with Crippen molar-refractivity contribution < 1.29 is 43.0 Å². The van der Waals surface area contributed by atoms with E-state index in [4.69, 9.17) is 14.2 Å². The molecule has 9 amide bonds. The van der Waals surface area contributed by atoms with Crippen LogP contribution in [-0.2, 0) is 28.6 Å². The molecular weight excluding hydrogens is 558 g/mol. The zero-order valence-corrected chi connectivity index (χ0v) is 24.2. The highest BCUT2D eigenvalue weighted by Crippen LogP contribution is 2.31. The fourth-order valence-corrected chi connectivity index (χ4v) is 4.76. The molecule has 4 rings (SSSR count). The summed E-state index contributed by atoms with van der Waals surface area (Å²) < 4.78 is 16.4. The maximum atomic E-state index is 13.4. The van der Waals surface area contributed by atoms with Crippen molar-refractivity contribution >= 4 is 53.7 Å². The number of aromatic nitrogens is 3. The lowest BCUT2D eigenvalue weighted by Gasteiger charge is -2.20. The predicted molar refractivity (Wildman–Crippen MR) is 142 cm³/mol. The van der Waals surface area contributed by atoms with Crippen molar-refractivity contribution in [1.29, 1.82) is 0 Å². The van der Waals surface area contributed by atoms with E-state index in [1.54, 1.807) is 41.5 Å². The normalized spacial score (nSPS) is 23.1. The molecule has 0 bridgehead atoms. The van der Waals surface area contributed by atoms with Crippen LogP contribution >= 0.6 is 0 Å². The van der Waals surface area contributed by atoms with Crippen LogP contribution in [0.1, 0.15) is 41.5 Å². The maximum Gasteiger partial charge on any atom is 0.336 e. The second-order valence-electron chi connectivity index (χ2n) is 8.89. The molecular formula is C24H33N9O9. The Hall–Kier alpha value is -4.29. The van der Waals surface area contributed by atoms with Crippen LogP contribution in [0, 0.1) is 0 Å². The van der Waals surface area contributed by atoms with Crippen molar-refractivity contribution in [3.63, 3.8) is 0 Å². The molecule has 18 nitrogen and oxygen atoms in total. The Bertz CT molecular complexity index is 1130. The minimum Gasteiger partial charge on any atom is -0.350 e. The highest BCUT2D eigenvalue weighted by molar-refractivity contribution is 6.23. The Labute approximate surface area is 241 Å². The van der Waals surface area contributed by atoms with Gasteiger partial charge in [-0.25, -0.2) is 14.4 Å². The molecule has 3 aliphatic rings. The number of likely N-dealkylation sites (N-methyl/N-ethyl adjacent to an activating group) is 3. The quantitative estimate of drug-likeness (QED) is 0.303. The van der Waals surface area contributed by atoms with Gasteiger partial charge in [0.2, 0.25) is 36.5 Å². The van der Waals surface area contributed by atoms with Gasteiger partial charge in [0.25, 0.3) is 17.7 Å². The molecule has 0 saturated carbocycles. The number of imide groups is 3. The number of carbonyl (C=O) groups is 6. The van der Waals surface area contributed by atoms with Gasteiger partial charge in [0.05, 0.1) is 0 Å². The lowest BCUT2D eigenvalue weighted by molar-refractivity contribution is -0.134. The summed E-state index contributed by atoms with van der Waals surface area (Å²) in [6.45, 7) is 10.4. The molecule has 3 aliphatic heterocycles. The first-order chi connectivity index (χ1) is 20.1. The van der Waals surface area contributed by atoms with Gasteiger partial charge in [-0.2, -0.15) is 29.7 Å². The molecule has 3 unspecified atom stereocenters. The zero-order valence-electron chi connectivity index (χ0n) is 24.2. The Morgan fingerprint density at radius 2 is 0.714 bits per heavy atom. The van der Waals surface area contributed by atoms with Gasteiger partial charge < -0.3 is 14.2 Å². The molecule has 228 valence electrons. The highest BCUT2D eigenvalue weighted by atomic mass is 16.5. The maximum absolute atomic E-state index is 13.4. The molecule has 1 aromatic rings. The summed E-state index contributed by atoms with van der Waals surface area (Å²) >= 11 is 0. The first-order valence-corrected chi connectivity index (χ1v) is 13.7. The van der Waals surface area contributed by atoms with Crippen molar-refractivity contribution in [2.45, 2.75) is 60.2 Å². The van der Waals surface area contributed by atoms with E-state index in [2.05, 4.69) is 15.0 Å². The minimum absolute atomic E-state index is 0.0890. The van der Waals surface area contributed by atoms with E-state index < -0.39 is 72.3 Å². The summed E-state index contributed by atoms with van der Waals surface area (Å²) in [7, 11) is 0. The summed E-state index contributed by atoms with van der Waals surface area (Å²) in [5, 5.41) is 0. The summed E-state index contributed by atoms with van der Waals surface area (Å²) in [6.07, 6.45) is -3.88. The Morgan fingerprint density at radius 1 is 0.476 bits per heavy atom. The molecule has 0 N–H and O–H groups in total. The van der Waals surface area contributed by atoms with Crippen molar-refractivity contribution in [2.24, 2.45) is 0 Å². The van der Waals surface area contributed by atoms with E-state index in [1.807, 2.05) is 0 Å². The highest BCUT2D eigenvalue weighted by Gasteiger charge is 2.52. The summed E-state index contributed by atoms with van der Waals surface area (Å²) in [5.74, 6) is -4.44. The van der Waals surface area contributed by atoms with Gasteiger partial charge in [-0.1, -0.05) is 0 Å². The first-order valence-electron chi connectivity index (χ1n) is 13.7. The molecule has 0 spiro atoms. The summed E-state index contributed by atoms with van der Waals surface area (Å²) in [6, 6.07) is -2.56. The largest absolute Gasteiger partial charge is 0.350 e. The lowest BCUT2D eigenvalue weighted by atomic mass is 10.4. The number of ether oxygens (including phenoxy) is 3. The summed E-state index contributed by atoms with van der Waals surface area (Å²) in [4.78, 5) is 97.6. The molecule has 3 atom stereocenters. The number of rotatable bonds is 12. The first kappa shape index (κ1) is 30.7. The number of hydrogen-bond acceptors (Lipinski definition) is 12. The van der Waals surface area contributed by atoms with Gasteiger partial charge in [-0.3, -0.25) is 29.1 Å². The molecule has 0 radical (unpaired) electrons. The van der Waals surface area contributed by atoms with Gasteiger partial charge in [0, 0.05) is 39.5 Å². The second kappa shape index (κ2) is 12.3. The van der Waals surface area contributed by atoms with Crippen LogP contribution in [0.5, 0.6) is 0 Å². The Morgan fingerprint density at radius 3 is 0.905 bits per heavy atom. The average Bonchev–Trinajstić information content (AvgIpc) is 3.45. The standard InChI is InChI=1S/C24H33N9O9/c1-7-28-16(40-10-4)13(34)31(22(28)37)19-25-20(32-14(35)17(41-11-5)29(8-2)23(32)38)27-21(26-19)33-15(36)18(42-12-6)30(9-3)24(33)39/h16-18H,7-12H2,1-6H3. The van der Waals surface area contributed by atoms with Crippen molar-refractivity contribution in [3.8, 4) is 0 Å². The van der Waals surface area contributed by atoms with Crippen molar-refractivity contribution in [3.05, 3.63) is 0 Å². The van der Waals surface area contributed by atoms with Crippen LogP contribution in [-0.4, -0.2) is 124 Å². The van der Waals surface area contributed by atoms with Gasteiger partial charge in [-0.15, -0.1) is 0 Å². The smallest absolute Gasteiger partial charge is 0.336 e. The molecule has 42 heavy (non-hydrogen) atoms. The molecule has 3 fully saturated rings. The van der Waals surface area contributed by atoms with Crippen LogP contribution in [0.25, 0.3) is 0 Å². The van der Waals surface area contributed by atoms with E-state index in [9.17, 15) is 28.8 Å². The second-order valence-corrected chi connectivity index (χ2v) is 8.89. The molecule has 0 aliphatic carbocycles. The number of hydrogen-bond donors (Lipinski definition) is 0. The number of amides is 9. The van der Waals surface area contributed by atoms with E-state index in [0.29, 0.717) is 14.7 Å². The van der Waals surface area contributed by atoms with Crippen molar-refractivity contribution in [2.75, 3.05) is 54.2 Å². The topological polar surface area (TPSA) is 188 Å². The van der Waals surface area contributed by atoms with Crippen LogP contribution in [0.2, 0.25) is 0 Å². The van der Waals surface area contributed by atoms with Crippen molar-refractivity contribution in [1.82, 2.24) is 29.7 Å². The molecule has 3 saturated heterocycles.